The Morgan fingerprint density at radius 2 is 1.80 bits per heavy atom. The number of hydrogen-bond acceptors (Lipinski definition) is 4. The van der Waals surface area contributed by atoms with Crippen LogP contribution in [0.1, 0.15) is 16.7 Å². The van der Waals surface area contributed by atoms with Gasteiger partial charge in [-0.1, -0.05) is 71.7 Å². The first-order valence-electron chi connectivity index (χ1n) is 9.44. The van der Waals surface area contributed by atoms with Crippen molar-refractivity contribution in [2.45, 2.75) is 12.8 Å². The van der Waals surface area contributed by atoms with Crippen LogP contribution in [0.3, 0.4) is 0 Å². The number of halogens is 2. The van der Waals surface area contributed by atoms with Crippen molar-refractivity contribution in [1.29, 1.82) is 0 Å². The van der Waals surface area contributed by atoms with Crippen molar-refractivity contribution in [2.75, 3.05) is 11.9 Å². The third kappa shape index (κ3) is 4.75. The molecule has 3 aromatic carbocycles. The number of carbonyl (C=O) groups is 1. The van der Waals surface area contributed by atoms with Crippen molar-refractivity contribution in [2.24, 2.45) is 4.99 Å². The monoisotopic (exact) mass is 439 g/mol. The van der Waals surface area contributed by atoms with Gasteiger partial charge in [0, 0.05) is 26.9 Å². The third-order valence-corrected chi connectivity index (χ3v) is 5.20. The lowest BCUT2D eigenvalue weighted by molar-refractivity contribution is 0.136. The topological polar surface area (TPSA) is 62.7 Å². The van der Waals surface area contributed by atoms with E-state index in [2.05, 4.69) is 10.6 Å². The van der Waals surface area contributed by atoms with Gasteiger partial charge < -0.3 is 10.1 Å². The number of fused-ring (bicyclic) bond motifs is 1. The van der Waals surface area contributed by atoms with Gasteiger partial charge in [-0.3, -0.25) is 10.3 Å². The largest absolute Gasteiger partial charge is 0.445 e. The molecular weight excluding hydrogens is 421 g/mol. The normalized spacial score (nSPS) is 15.3. The van der Waals surface area contributed by atoms with Crippen LogP contribution in [-0.2, 0) is 11.3 Å². The molecule has 0 fully saturated rings. The summed E-state index contributed by atoms with van der Waals surface area (Å²) in [5.41, 5.74) is 4.00. The number of ether oxygens (including phenoxy) is 1. The predicted octanol–water partition coefficient (Wildman–Crippen LogP) is 5.51. The van der Waals surface area contributed by atoms with E-state index in [1.807, 2.05) is 60.7 Å². The molecule has 1 aliphatic rings. The van der Waals surface area contributed by atoms with Crippen LogP contribution < -0.4 is 10.6 Å². The average Bonchev–Trinajstić information content (AvgIpc) is 2.93. The Morgan fingerprint density at radius 3 is 2.60 bits per heavy atom. The Bertz CT molecular complexity index is 1090. The number of carbonyl (C=O) groups excluding carboxylic acids is 1. The van der Waals surface area contributed by atoms with E-state index in [-0.39, 0.29) is 6.61 Å². The molecular formula is C23H19Cl2N3O2. The van der Waals surface area contributed by atoms with Crippen LogP contribution in [-0.4, -0.2) is 24.5 Å². The highest BCUT2D eigenvalue weighted by atomic mass is 35.5. The molecule has 0 bridgehead atoms. The molecule has 0 saturated carbocycles. The van der Waals surface area contributed by atoms with E-state index < -0.39 is 12.3 Å². The summed E-state index contributed by atoms with van der Waals surface area (Å²) in [5, 5.41) is 7.28. The first-order valence-corrected chi connectivity index (χ1v) is 10.2. The molecule has 0 aliphatic carbocycles. The fourth-order valence-electron chi connectivity index (χ4n) is 3.20. The highest BCUT2D eigenvalue weighted by Crippen LogP contribution is 2.29. The minimum absolute atomic E-state index is 0.184. The molecule has 1 aliphatic heterocycles. The van der Waals surface area contributed by atoms with E-state index in [9.17, 15) is 4.79 Å². The minimum Gasteiger partial charge on any atom is -0.445 e. The number of benzene rings is 3. The van der Waals surface area contributed by atoms with Gasteiger partial charge in [-0.15, -0.1) is 0 Å². The lowest BCUT2D eigenvalue weighted by atomic mass is 10.0. The highest BCUT2D eigenvalue weighted by molar-refractivity contribution is 6.36. The zero-order chi connectivity index (χ0) is 20.9. The van der Waals surface area contributed by atoms with Gasteiger partial charge in [0.25, 0.3) is 0 Å². The first-order chi connectivity index (χ1) is 14.6. The van der Waals surface area contributed by atoms with Gasteiger partial charge in [-0.05, 0) is 29.8 Å². The SMILES string of the molecule is O=C(NC1CNc2ccc(Cl)cc2C(c2ccccc2Cl)=N1)OCc1ccccc1. The van der Waals surface area contributed by atoms with Gasteiger partial charge in [0.2, 0.25) is 0 Å². The molecule has 1 amide bonds. The van der Waals surface area contributed by atoms with Crippen LogP contribution in [0.25, 0.3) is 0 Å². The summed E-state index contributed by atoms with van der Waals surface area (Å²) in [7, 11) is 0. The lowest BCUT2D eigenvalue weighted by Gasteiger charge is -2.15. The van der Waals surface area contributed by atoms with Crippen molar-refractivity contribution < 1.29 is 9.53 Å². The fourth-order valence-corrected chi connectivity index (χ4v) is 3.59. The molecule has 2 N–H and O–H groups in total. The summed E-state index contributed by atoms with van der Waals surface area (Å²) in [6.07, 6.45) is -1.09. The van der Waals surface area contributed by atoms with Crippen molar-refractivity contribution in [1.82, 2.24) is 5.32 Å². The number of nitrogens with one attached hydrogen (secondary N) is 2. The van der Waals surface area contributed by atoms with Crippen LogP contribution in [0, 0.1) is 0 Å². The van der Waals surface area contributed by atoms with Crippen molar-refractivity contribution in [3.05, 3.63) is 99.5 Å². The van der Waals surface area contributed by atoms with Crippen molar-refractivity contribution in [3.8, 4) is 0 Å². The Balaban J connectivity index is 1.59. The zero-order valence-corrected chi connectivity index (χ0v) is 17.5. The molecule has 152 valence electrons. The molecule has 4 rings (SSSR count). The molecule has 0 aromatic heterocycles. The maximum Gasteiger partial charge on any atom is 0.409 e. The number of rotatable bonds is 4. The molecule has 3 aromatic rings. The molecule has 0 spiro atoms. The molecule has 5 nitrogen and oxygen atoms in total. The van der Waals surface area contributed by atoms with E-state index >= 15 is 0 Å². The Labute approximate surface area is 184 Å². The fraction of sp³-hybridized carbons (Fsp3) is 0.130. The number of hydrogen-bond donors (Lipinski definition) is 2. The molecule has 0 radical (unpaired) electrons. The smallest absolute Gasteiger partial charge is 0.409 e. The van der Waals surface area contributed by atoms with Gasteiger partial charge in [0.15, 0.2) is 0 Å². The summed E-state index contributed by atoms with van der Waals surface area (Å²) in [6, 6.07) is 22.5. The van der Waals surface area contributed by atoms with Crippen molar-refractivity contribution >= 4 is 40.7 Å². The summed E-state index contributed by atoms with van der Waals surface area (Å²) in [6.45, 7) is 0.576. The molecule has 30 heavy (non-hydrogen) atoms. The summed E-state index contributed by atoms with van der Waals surface area (Å²) >= 11 is 12.7. The number of benzodiazepines with no additional fused rings is 1. The van der Waals surface area contributed by atoms with Crippen LogP contribution in [0.2, 0.25) is 10.0 Å². The predicted molar refractivity (Wildman–Crippen MR) is 121 cm³/mol. The number of anilines is 1. The first kappa shape index (κ1) is 20.3. The van der Waals surface area contributed by atoms with E-state index in [1.165, 1.54) is 0 Å². The number of amides is 1. The van der Waals surface area contributed by atoms with E-state index in [1.54, 1.807) is 12.1 Å². The van der Waals surface area contributed by atoms with Crippen LogP contribution >= 0.6 is 23.2 Å². The average molecular weight is 440 g/mol. The van der Waals surface area contributed by atoms with Gasteiger partial charge in [0.1, 0.15) is 12.8 Å². The van der Waals surface area contributed by atoms with E-state index in [4.69, 9.17) is 32.9 Å². The van der Waals surface area contributed by atoms with Crippen LogP contribution in [0.5, 0.6) is 0 Å². The maximum absolute atomic E-state index is 12.4. The maximum atomic E-state index is 12.4. The summed E-state index contributed by atoms with van der Waals surface area (Å²) < 4.78 is 5.34. The number of aliphatic imine (C=N–C) groups is 1. The minimum atomic E-state index is -0.550. The molecule has 1 unspecified atom stereocenters. The second-order valence-electron chi connectivity index (χ2n) is 6.75. The van der Waals surface area contributed by atoms with Gasteiger partial charge >= 0.3 is 6.09 Å². The second kappa shape index (κ2) is 9.20. The highest BCUT2D eigenvalue weighted by Gasteiger charge is 2.22. The molecule has 0 saturated heterocycles. The van der Waals surface area contributed by atoms with Crippen LogP contribution in [0.15, 0.2) is 77.8 Å². The van der Waals surface area contributed by atoms with Gasteiger partial charge in [0.05, 0.1) is 12.3 Å². The number of alkyl carbamates (subject to hydrolysis) is 1. The molecule has 1 heterocycles. The summed E-state index contributed by atoms with van der Waals surface area (Å²) in [5.74, 6) is 0. The third-order valence-electron chi connectivity index (χ3n) is 4.63. The van der Waals surface area contributed by atoms with Crippen LogP contribution in [0.4, 0.5) is 10.5 Å². The quantitative estimate of drug-likeness (QED) is 0.563. The number of nitrogens with zero attached hydrogens (tertiary/aromatic N) is 1. The van der Waals surface area contributed by atoms with Crippen molar-refractivity contribution in [3.63, 3.8) is 0 Å². The Hall–Kier alpha value is -3.02. The van der Waals surface area contributed by atoms with Gasteiger partial charge in [-0.25, -0.2) is 4.79 Å². The van der Waals surface area contributed by atoms with E-state index in [0.29, 0.717) is 22.3 Å². The molecule has 1 atom stereocenters. The Kier molecular flexibility index (Phi) is 6.21. The standard InChI is InChI=1S/C23H19Cl2N3O2/c24-16-10-11-20-18(12-16)22(17-8-4-5-9-19(17)25)27-21(13-26-20)28-23(29)30-14-15-6-2-1-3-7-15/h1-12,21,26H,13-14H2,(H,28,29). The zero-order valence-electron chi connectivity index (χ0n) is 15.9. The summed E-state index contributed by atoms with van der Waals surface area (Å²) in [4.78, 5) is 17.1. The second-order valence-corrected chi connectivity index (χ2v) is 7.59. The molecule has 7 heteroatoms. The lowest BCUT2D eigenvalue weighted by Crippen LogP contribution is -2.38. The Morgan fingerprint density at radius 1 is 1.03 bits per heavy atom. The van der Waals surface area contributed by atoms with E-state index in [0.717, 1.165) is 22.4 Å². The van der Waals surface area contributed by atoms with Gasteiger partial charge in [-0.2, -0.15) is 0 Å².